The first-order valence-electron chi connectivity index (χ1n) is 5.87. The van der Waals surface area contributed by atoms with Gasteiger partial charge in [-0.05, 0) is 36.0 Å². The van der Waals surface area contributed by atoms with Crippen LogP contribution in [0.25, 0.3) is 0 Å². The van der Waals surface area contributed by atoms with Crippen molar-refractivity contribution in [2.75, 3.05) is 6.61 Å². The number of carbonyl (C=O) groups is 1. The van der Waals surface area contributed by atoms with Crippen LogP contribution in [0.3, 0.4) is 0 Å². The van der Waals surface area contributed by atoms with Crippen LogP contribution in [-0.4, -0.2) is 23.7 Å². The molecule has 0 aromatic rings. The largest absolute Gasteiger partial charge is 0.387 e. The average molecular weight is 211 g/mol. The lowest BCUT2D eigenvalue weighted by Crippen LogP contribution is -2.60. The van der Waals surface area contributed by atoms with E-state index in [1.807, 2.05) is 0 Å². The van der Waals surface area contributed by atoms with E-state index >= 15 is 0 Å². The number of fused-ring (bicyclic) bond motifs is 2. The monoisotopic (exact) mass is 211 g/mol. The van der Waals surface area contributed by atoms with Gasteiger partial charge in [0.1, 0.15) is 6.61 Å². The van der Waals surface area contributed by atoms with Crippen LogP contribution in [0.15, 0.2) is 0 Å². The molecule has 3 heteroatoms. The van der Waals surface area contributed by atoms with Gasteiger partial charge in [-0.15, -0.1) is 0 Å². The van der Waals surface area contributed by atoms with E-state index in [1.54, 1.807) is 0 Å². The first-order chi connectivity index (χ1) is 6.96. The second-order valence-electron chi connectivity index (χ2n) is 5.79. The molecule has 4 atom stereocenters. The summed E-state index contributed by atoms with van der Waals surface area (Å²) in [5.74, 6) is 1.80. The van der Waals surface area contributed by atoms with Gasteiger partial charge in [0.15, 0.2) is 0 Å². The van der Waals surface area contributed by atoms with Gasteiger partial charge in [0.2, 0.25) is 5.91 Å². The van der Waals surface area contributed by atoms with Gasteiger partial charge >= 0.3 is 0 Å². The number of hydrogen-bond donors (Lipinski definition) is 2. The van der Waals surface area contributed by atoms with Crippen molar-refractivity contribution >= 4 is 5.91 Å². The van der Waals surface area contributed by atoms with Crippen molar-refractivity contribution in [3.05, 3.63) is 0 Å². The highest BCUT2D eigenvalue weighted by molar-refractivity contribution is 5.77. The van der Waals surface area contributed by atoms with Crippen molar-refractivity contribution in [2.24, 2.45) is 23.2 Å². The molecule has 2 bridgehead atoms. The summed E-state index contributed by atoms with van der Waals surface area (Å²) < 4.78 is 0. The molecule has 0 radical (unpaired) electrons. The summed E-state index contributed by atoms with van der Waals surface area (Å²) >= 11 is 0. The molecule has 3 rings (SSSR count). The van der Waals surface area contributed by atoms with E-state index in [0.29, 0.717) is 11.3 Å². The molecule has 3 saturated carbocycles. The molecule has 0 aromatic heterocycles. The Morgan fingerprint density at radius 3 is 2.60 bits per heavy atom. The zero-order valence-electron chi connectivity index (χ0n) is 9.79. The predicted molar refractivity (Wildman–Crippen MR) is 58.2 cm³/mol. The zero-order valence-corrected chi connectivity index (χ0v) is 9.79. The Labute approximate surface area is 91.2 Å². The summed E-state index contributed by atoms with van der Waals surface area (Å²) in [6, 6.07) is 0.279. The van der Waals surface area contributed by atoms with Gasteiger partial charge in [0.25, 0.3) is 0 Å². The Balaban J connectivity index is 1.99. The zero-order chi connectivity index (χ0) is 11.2. The number of nitrogens with one attached hydrogen (secondary N) is 1. The normalized spacial score (nSPS) is 41.9. The van der Waals surface area contributed by atoms with Gasteiger partial charge in [-0.3, -0.25) is 4.79 Å². The van der Waals surface area contributed by atoms with E-state index in [-0.39, 0.29) is 18.6 Å². The molecule has 0 aliphatic heterocycles. The fourth-order valence-corrected chi connectivity index (χ4v) is 3.59. The summed E-state index contributed by atoms with van der Waals surface area (Å²) in [5.41, 5.74) is 0.458. The molecule has 3 aliphatic carbocycles. The minimum atomic E-state index is -0.387. The van der Waals surface area contributed by atoms with Crippen molar-refractivity contribution in [3.63, 3.8) is 0 Å². The third-order valence-electron chi connectivity index (χ3n) is 4.84. The third-order valence-corrected chi connectivity index (χ3v) is 4.84. The van der Waals surface area contributed by atoms with Gasteiger partial charge in [0, 0.05) is 6.04 Å². The van der Waals surface area contributed by atoms with Crippen LogP contribution in [0.4, 0.5) is 0 Å². The van der Waals surface area contributed by atoms with Gasteiger partial charge in [-0.25, -0.2) is 0 Å². The molecule has 2 N–H and O–H groups in total. The van der Waals surface area contributed by atoms with Crippen molar-refractivity contribution in [1.82, 2.24) is 5.32 Å². The highest BCUT2D eigenvalue weighted by atomic mass is 16.3. The van der Waals surface area contributed by atoms with Gasteiger partial charge in [-0.1, -0.05) is 20.8 Å². The lowest BCUT2D eigenvalue weighted by atomic mass is 9.45. The van der Waals surface area contributed by atoms with Crippen LogP contribution in [0.1, 0.15) is 33.6 Å². The Kier molecular flexibility index (Phi) is 2.53. The number of aliphatic hydroxyl groups is 1. The van der Waals surface area contributed by atoms with E-state index < -0.39 is 0 Å². The minimum Gasteiger partial charge on any atom is -0.387 e. The number of amides is 1. The fourth-order valence-electron chi connectivity index (χ4n) is 3.59. The highest BCUT2D eigenvalue weighted by Gasteiger charge is 2.56. The van der Waals surface area contributed by atoms with Crippen LogP contribution in [0, 0.1) is 23.2 Å². The van der Waals surface area contributed by atoms with E-state index in [9.17, 15) is 4.79 Å². The second-order valence-corrected chi connectivity index (χ2v) is 5.79. The van der Waals surface area contributed by atoms with Gasteiger partial charge < -0.3 is 10.4 Å². The molecule has 86 valence electrons. The summed E-state index contributed by atoms with van der Waals surface area (Å²) in [6.45, 7) is 6.52. The molecule has 3 aliphatic rings. The molecule has 0 unspecified atom stereocenters. The van der Waals surface area contributed by atoms with E-state index in [1.165, 1.54) is 6.42 Å². The summed E-state index contributed by atoms with van der Waals surface area (Å²) in [6.07, 6.45) is 2.40. The Hall–Kier alpha value is -0.570. The number of aliphatic hydroxyl groups excluding tert-OH is 1. The van der Waals surface area contributed by atoms with E-state index in [2.05, 4.69) is 26.1 Å². The molecular weight excluding hydrogens is 190 g/mol. The molecule has 3 nitrogen and oxygen atoms in total. The lowest BCUT2D eigenvalue weighted by molar-refractivity contribution is -0.135. The molecule has 0 aromatic carbocycles. The Morgan fingerprint density at radius 2 is 2.13 bits per heavy atom. The second kappa shape index (κ2) is 3.48. The summed E-state index contributed by atoms with van der Waals surface area (Å²) in [5, 5.41) is 11.6. The SMILES string of the molecule is C[C@@H]1[C@@H](NC(=O)CO)C[C@H]2C[C@@H]1C2(C)C. The minimum absolute atomic E-state index is 0.231. The van der Waals surface area contributed by atoms with Crippen molar-refractivity contribution in [3.8, 4) is 0 Å². The third kappa shape index (κ3) is 1.57. The van der Waals surface area contributed by atoms with Crippen molar-refractivity contribution < 1.29 is 9.90 Å². The molecule has 0 spiro atoms. The van der Waals surface area contributed by atoms with Crippen LogP contribution in [-0.2, 0) is 4.79 Å². The maximum Gasteiger partial charge on any atom is 0.245 e. The van der Waals surface area contributed by atoms with Gasteiger partial charge in [0.05, 0.1) is 0 Å². The maximum atomic E-state index is 11.1. The van der Waals surface area contributed by atoms with E-state index in [4.69, 9.17) is 5.11 Å². The number of hydrogen-bond acceptors (Lipinski definition) is 2. The smallest absolute Gasteiger partial charge is 0.245 e. The number of carbonyl (C=O) groups excluding carboxylic acids is 1. The maximum absolute atomic E-state index is 11.1. The Bertz CT molecular complexity index is 275. The summed E-state index contributed by atoms with van der Waals surface area (Å²) in [7, 11) is 0. The fraction of sp³-hybridized carbons (Fsp3) is 0.917. The van der Waals surface area contributed by atoms with E-state index in [0.717, 1.165) is 18.3 Å². The lowest BCUT2D eigenvalue weighted by Gasteiger charge is -2.62. The molecule has 3 fully saturated rings. The van der Waals surface area contributed by atoms with Crippen LogP contribution in [0.5, 0.6) is 0 Å². The van der Waals surface area contributed by atoms with Crippen LogP contribution < -0.4 is 5.32 Å². The average Bonchev–Trinajstić information content (AvgIpc) is 2.19. The Morgan fingerprint density at radius 1 is 1.47 bits per heavy atom. The molecular formula is C12H21NO2. The molecule has 1 amide bonds. The van der Waals surface area contributed by atoms with Crippen molar-refractivity contribution in [1.29, 1.82) is 0 Å². The quantitative estimate of drug-likeness (QED) is 0.720. The van der Waals surface area contributed by atoms with Crippen molar-refractivity contribution in [2.45, 2.75) is 39.7 Å². The first-order valence-corrected chi connectivity index (χ1v) is 5.87. The molecule has 0 saturated heterocycles. The van der Waals surface area contributed by atoms with Crippen LogP contribution in [0.2, 0.25) is 0 Å². The summed E-state index contributed by atoms with van der Waals surface area (Å²) in [4.78, 5) is 11.1. The molecule has 0 heterocycles. The standard InChI is InChI=1S/C12H21NO2/c1-7-9-4-8(12(9,2)3)5-10(7)13-11(15)6-14/h7-10,14H,4-6H2,1-3H3,(H,13,15)/t7-,8+,9-,10-/m0/s1. The van der Waals surface area contributed by atoms with Crippen LogP contribution >= 0.6 is 0 Å². The molecule has 15 heavy (non-hydrogen) atoms. The predicted octanol–water partition coefficient (Wildman–Crippen LogP) is 1.17. The topological polar surface area (TPSA) is 49.3 Å². The first kappa shape index (κ1) is 10.9. The number of rotatable bonds is 2. The highest BCUT2D eigenvalue weighted by Crippen LogP contribution is 2.61. The van der Waals surface area contributed by atoms with Gasteiger partial charge in [-0.2, -0.15) is 0 Å².